The highest BCUT2D eigenvalue weighted by Crippen LogP contribution is 2.43. The maximum absolute atomic E-state index is 12.5. The summed E-state index contributed by atoms with van der Waals surface area (Å²) in [6, 6.07) is 10.2. The van der Waals surface area contributed by atoms with Gasteiger partial charge in [0.25, 0.3) is 0 Å². The first kappa shape index (κ1) is 22.6. The lowest BCUT2D eigenvalue weighted by atomic mass is 9.90. The van der Waals surface area contributed by atoms with Crippen molar-refractivity contribution in [1.82, 2.24) is 15.3 Å². The van der Waals surface area contributed by atoms with E-state index in [2.05, 4.69) is 31.3 Å². The van der Waals surface area contributed by atoms with E-state index < -0.39 is 0 Å². The molecule has 1 aromatic carbocycles. The second kappa shape index (κ2) is 9.90. The molecule has 0 radical (unpaired) electrons. The zero-order valence-electron chi connectivity index (χ0n) is 18.1. The monoisotopic (exact) mass is 473 g/mol. The molecule has 0 unspecified atom stereocenters. The Bertz CT molecular complexity index is 1070. The first-order valence-corrected chi connectivity index (χ1v) is 13.5. The van der Waals surface area contributed by atoms with Crippen molar-refractivity contribution in [2.24, 2.45) is 0 Å². The zero-order chi connectivity index (χ0) is 21.8. The first-order valence-electron chi connectivity index (χ1n) is 10.4. The Balaban J connectivity index is 1.49. The van der Waals surface area contributed by atoms with E-state index in [1.54, 1.807) is 11.3 Å². The number of fused-ring (bicyclic) bond motifs is 3. The third kappa shape index (κ3) is 5.25. The lowest BCUT2D eigenvalue weighted by Gasteiger charge is -2.33. The van der Waals surface area contributed by atoms with E-state index in [4.69, 9.17) is 14.7 Å². The molecule has 0 bridgehead atoms. The number of rotatable bonds is 8. The fraction of sp³-hybridized carbons (Fsp3) is 0.435. The van der Waals surface area contributed by atoms with Crippen molar-refractivity contribution in [3.8, 4) is 0 Å². The molecule has 0 spiro atoms. The van der Waals surface area contributed by atoms with E-state index in [-0.39, 0.29) is 11.5 Å². The van der Waals surface area contributed by atoms with E-state index in [1.807, 2.05) is 24.5 Å². The summed E-state index contributed by atoms with van der Waals surface area (Å²) in [6.07, 6.45) is 4.63. The van der Waals surface area contributed by atoms with Crippen LogP contribution in [0, 0.1) is 0 Å². The van der Waals surface area contributed by atoms with Gasteiger partial charge in [-0.2, -0.15) is 0 Å². The highest BCUT2D eigenvalue weighted by atomic mass is 32.2. The number of aromatic nitrogens is 2. The average molecular weight is 474 g/mol. The lowest BCUT2D eigenvalue weighted by Crippen LogP contribution is -2.33. The maximum atomic E-state index is 12.5. The number of hydrogen-bond acceptors (Lipinski definition) is 7. The summed E-state index contributed by atoms with van der Waals surface area (Å²) in [7, 11) is 0. The van der Waals surface area contributed by atoms with E-state index in [0.29, 0.717) is 18.9 Å². The molecule has 0 fully saturated rings. The van der Waals surface area contributed by atoms with Gasteiger partial charge in [0.15, 0.2) is 5.16 Å². The Hall–Kier alpha value is -1.61. The normalized spacial score (nSPS) is 18.2. The van der Waals surface area contributed by atoms with Crippen LogP contribution in [0.4, 0.5) is 0 Å². The number of carbonyl (C=O) groups is 1. The molecule has 1 amide bonds. The summed E-state index contributed by atoms with van der Waals surface area (Å²) in [4.78, 5) is 24.2. The van der Waals surface area contributed by atoms with Crippen molar-refractivity contribution in [3.63, 3.8) is 0 Å². The van der Waals surface area contributed by atoms with Gasteiger partial charge in [-0.3, -0.25) is 4.79 Å². The molecule has 3 heterocycles. The van der Waals surface area contributed by atoms with E-state index in [1.165, 1.54) is 39.5 Å². The largest absolute Gasteiger partial charge is 0.369 e. The van der Waals surface area contributed by atoms with Crippen molar-refractivity contribution in [3.05, 3.63) is 46.3 Å². The molecule has 31 heavy (non-hydrogen) atoms. The number of amides is 1. The topological polar surface area (TPSA) is 64.1 Å². The molecule has 1 atom stereocenters. The Morgan fingerprint density at radius 3 is 2.84 bits per heavy atom. The Labute approximate surface area is 195 Å². The van der Waals surface area contributed by atoms with Crippen LogP contribution in [0.3, 0.4) is 0 Å². The van der Waals surface area contributed by atoms with Crippen LogP contribution < -0.4 is 5.32 Å². The van der Waals surface area contributed by atoms with Crippen LogP contribution in [-0.2, 0) is 29.0 Å². The predicted octanol–water partition coefficient (Wildman–Crippen LogP) is 5.11. The van der Waals surface area contributed by atoms with Gasteiger partial charge >= 0.3 is 0 Å². The third-order valence-electron chi connectivity index (χ3n) is 5.63. The summed E-state index contributed by atoms with van der Waals surface area (Å²) in [5.41, 5.74) is 2.37. The SMILES string of the molecule is CC[C@]1(C)Cc2c(sc3nc(SC)nc(SCC(=O)NCCc4ccccc4)c23)CO1. The number of ether oxygens (including phenoxy) is 1. The molecular formula is C23H27N3O2S3. The smallest absolute Gasteiger partial charge is 0.230 e. The van der Waals surface area contributed by atoms with Crippen LogP contribution in [0.25, 0.3) is 10.2 Å². The average Bonchev–Trinajstić information content (AvgIpc) is 3.15. The first-order chi connectivity index (χ1) is 15.0. The minimum absolute atomic E-state index is 0.0317. The second-order valence-corrected chi connectivity index (χ2v) is 10.7. The summed E-state index contributed by atoms with van der Waals surface area (Å²) in [5.74, 6) is 0.380. The van der Waals surface area contributed by atoms with Gasteiger partial charge in [-0.05, 0) is 37.1 Å². The van der Waals surface area contributed by atoms with E-state index in [0.717, 1.165) is 39.7 Å². The van der Waals surface area contributed by atoms with E-state index in [9.17, 15) is 4.79 Å². The Morgan fingerprint density at radius 1 is 1.29 bits per heavy atom. The predicted molar refractivity (Wildman–Crippen MR) is 130 cm³/mol. The summed E-state index contributed by atoms with van der Waals surface area (Å²) in [5, 5.41) is 5.80. The summed E-state index contributed by atoms with van der Waals surface area (Å²) in [6.45, 7) is 5.60. The number of nitrogens with one attached hydrogen (secondary N) is 1. The quantitative estimate of drug-likeness (QED) is 0.279. The van der Waals surface area contributed by atoms with Crippen molar-refractivity contribution in [2.75, 3.05) is 18.6 Å². The molecule has 3 aromatic rings. The van der Waals surface area contributed by atoms with Gasteiger partial charge in [0.05, 0.1) is 18.0 Å². The number of carbonyl (C=O) groups excluding carboxylic acids is 1. The van der Waals surface area contributed by atoms with Crippen molar-refractivity contribution in [1.29, 1.82) is 0 Å². The van der Waals surface area contributed by atoms with Gasteiger partial charge in [0, 0.05) is 23.2 Å². The highest BCUT2D eigenvalue weighted by molar-refractivity contribution is 8.00. The van der Waals surface area contributed by atoms with Gasteiger partial charge in [0.2, 0.25) is 5.91 Å². The molecule has 164 valence electrons. The fourth-order valence-corrected chi connectivity index (χ4v) is 6.15. The van der Waals surface area contributed by atoms with Gasteiger partial charge < -0.3 is 10.1 Å². The molecule has 0 saturated carbocycles. The molecule has 5 nitrogen and oxygen atoms in total. The molecule has 8 heteroatoms. The number of benzene rings is 1. The highest BCUT2D eigenvalue weighted by Gasteiger charge is 2.33. The van der Waals surface area contributed by atoms with Crippen molar-refractivity contribution >= 4 is 51.0 Å². The van der Waals surface area contributed by atoms with Crippen LogP contribution >= 0.6 is 34.9 Å². The molecule has 2 aromatic heterocycles. The number of nitrogens with zero attached hydrogens (tertiary/aromatic N) is 2. The lowest BCUT2D eigenvalue weighted by molar-refractivity contribution is -0.118. The van der Waals surface area contributed by atoms with Crippen molar-refractivity contribution < 1.29 is 9.53 Å². The molecule has 0 saturated heterocycles. The molecule has 1 N–H and O–H groups in total. The molecule has 0 aliphatic carbocycles. The van der Waals surface area contributed by atoms with Gasteiger partial charge in [-0.1, -0.05) is 60.8 Å². The van der Waals surface area contributed by atoms with Crippen LogP contribution in [-0.4, -0.2) is 40.0 Å². The van der Waals surface area contributed by atoms with Gasteiger partial charge in [-0.15, -0.1) is 11.3 Å². The number of thiophene rings is 1. The molecular weight excluding hydrogens is 446 g/mol. The fourth-order valence-electron chi connectivity index (χ4n) is 3.62. The summed E-state index contributed by atoms with van der Waals surface area (Å²) < 4.78 is 6.13. The van der Waals surface area contributed by atoms with Crippen LogP contribution in [0.1, 0.15) is 36.3 Å². The number of hydrogen-bond donors (Lipinski definition) is 1. The van der Waals surface area contributed by atoms with Crippen LogP contribution in [0.15, 0.2) is 40.5 Å². The molecule has 4 rings (SSSR count). The minimum atomic E-state index is -0.157. The third-order valence-corrected chi connectivity index (χ3v) is 8.25. The van der Waals surface area contributed by atoms with Crippen LogP contribution in [0.5, 0.6) is 0 Å². The molecule has 1 aliphatic heterocycles. The standard InChI is InChI=1S/C23H27N3O2S3/c1-4-23(2)12-16-17(13-28-23)31-21-19(16)20(25-22(26-21)29-3)30-14-18(27)24-11-10-15-8-6-5-7-9-15/h5-9H,4,10-14H2,1-3H3,(H,24,27)/t23-/m1/s1. The van der Waals surface area contributed by atoms with Gasteiger partial charge in [-0.25, -0.2) is 9.97 Å². The molecule has 1 aliphatic rings. The maximum Gasteiger partial charge on any atom is 0.230 e. The Morgan fingerprint density at radius 2 is 2.10 bits per heavy atom. The Kier molecular flexibility index (Phi) is 7.21. The zero-order valence-corrected chi connectivity index (χ0v) is 20.5. The minimum Gasteiger partial charge on any atom is -0.369 e. The van der Waals surface area contributed by atoms with E-state index >= 15 is 0 Å². The van der Waals surface area contributed by atoms with Gasteiger partial charge in [0.1, 0.15) is 9.86 Å². The van der Waals surface area contributed by atoms with Crippen LogP contribution in [0.2, 0.25) is 0 Å². The second-order valence-electron chi connectivity index (χ2n) is 7.84. The summed E-state index contributed by atoms with van der Waals surface area (Å²) >= 11 is 4.74. The number of thioether (sulfide) groups is 2. The van der Waals surface area contributed by atoms with Crippen molar-refractivity contribution in [2.45, 2.75) is 55.5 Å².